The summed E-state index contributed by atoms with van der Waals surface area (Å²) in [4.78, 5) is 15.3. The van der Waals surface area contributed by atoms with Crippen LogP contribution in [0.25, 0.3) is 0 Å². The van der Waals surface area contributed by atoms with Crippen molar-refractivity contribution in [2.45, 2.75) is 32.8 Å². The fraction of sp³-hybridized carbons (Fsp3) is 0.700. The number of nitrogens with one attached hydrogen (secondary N) is 2. The zero-order valence-corrected chi connectivity index (χ0v) is 9.91. The minimum atomic E-state index is -0.289. The van der Waals surface area contributed by atoms with Gasteiger partial charge in [0.05, 0.1) is 5.60 Å². The summed E-state index contributed by atoms with van der Waals surface area (Å²) in [5.74, 6) is 0.645. The van der Waals surface area contributed by atoms with Crippen molar-refractivity contribution in [3.05, 3.63) is 12.2 Å². The van der Waals surface area contributed by atoms with E-state index in [1.807, 2.05) is 20.8 Å². The topological polar surface area (TPSA) is 79.9 Å². The number of ether oxygens (including phenoxy) is 1. The summed E-state index contributed by atoms with van der Waals surface area (Å²) in [7, 11) is 0. The molecule has 0 radical (unpaired) electrons. The Bertz CT molecular complexity index is 316. The van der Waals surface area contributed by atoms with Crippen LogP contribution in [0.3, 0.4) is 0 Å². The van der Waals surface area contributed by atoms with Crippen LogP contribution in [-0.2, 0) is 16.0 Å². The minimum absolute atomic E-state index is 0.0832. The lowest BCUT2D eigenvalue weighted by molar-refractivity contribution is -0.130. The highest BCUT2D eigenvalue weighted by Crippen LogP contribution is 2.05. The molecule has 1 amide bonds. The SMILES string of the molecule is CC(C)(C)OCC(=O)NCCc1ncn[nH]1. The number of aromatic amines is 1. The van der Waals surface area contributed by atoms with E-state index in [1.54, 1.807) is 0 Å². The fourth-order valence-electron chi connectivity index (χ4n) is 1.00. The van der Waals surface area contributed by atoms with E-state index in [9.17, 15) is 4.79 Å². The Labute approximate surface area is 94.8 Å². The maximum Gasteiger partial charge on any atom is 0.246 e. The van der Waals surface area contributed by atoms with Gasteiger partial charge in [0, 0.05) is 13.0 Å². The number of hydrogen-bond donors (Lipinski definition) is 2. The highest BCUT2D eigenvalue weighted by molar-refractivity contribution is 5.77. The third-order valence-corrected chi connectivity index (χ3v) is 1.79. The first-order chi connectivity index (χ1) is 7.47. The van der Waals surface area contributed by atoms with Crippen LogP contribution >= 0.6 is 0 Å². The molecule has 1 heterocycles. The van der Waals surface area contributed by atoms with E-state index in [2.05, 4.69) is 20.5 Å². The second kappa shape index (κ2) is 5.60. The Morgan fingerprint density at radius 2 is 2.31 bits per heavy atom. The third-order valence-electron chi connectivity index (χ3n) is 1.79. The van der Waals surface area contributed by atoms with E-state index >= 15 is 0 Å². The largest absolute Gasteiger partial charge is 0.366 e. The maximum atomic E-state index is 11.3. The lowest BCUT2D eigenvalue weighted by atomic mass is 10.2. The first kappa shape index (κ1) is 12.6. The van der Waals surface area contributed by atoms with Gasteiger partial charge >= 0.3 is 0 Å². The van der Waals surface area contributed by atoms with E-state index in [0.717, 1.165) is 5.82 Å². The summed E-state index contributed by atoms with van der Waals surface area (Å²) in [6.07, 6.45) is 2.08. The summed E-state index contributed by atoms with van der Waals surface area (Å²) in [6, 6.07) is 0. The van der Waals surface area contributed by atoms with Crippen molar-refractivity contribution < 1.29 is 9.53 Å². The van der Waals surface area contributed by atoms with Crippen molar-refractivity contribution in [2.24, 2.45) is 0 Å². The molecule has 1 aromatic rings. The van der Waals surface area contributed by atoms with Crippen LogP contribution in [0, 0.1) is 0 Å². The molecule has 0 unspecified atom stereocenters. The van der Waals surface area contributed by atoms with E-state index in [4.69, 9.17) is 4.74 Å². The molecule has 0 bridgehead atoms. The highest BCUT2D eigenvalue weighted by Gasteiger charge is 2.12. The van der Waals surface area contributed by atoms with Crippen LogP contribution in [0.15, 0.2) is 6.33 Å². The molecule has 2 N–H and O–H groups in total. The Balaban J connectivity index is 2.11. The molecule has 0 aliphatic heterocycles. The van der Waals surface area contributed by atoms with E-state index < -0.39 is 0 Å². The molecule has 1 aromatic heterocycles. The zero-order valence-electron chi connectivity index (χ0n) is 9.91. The Morgan fingerprint density at radius 1 is 1.56 bits per heavy atom. The van der Waals surface area contributed by atoms with Crippen molar-refractivity contribution in [2.75, 3.05) is 13.2 Å². The molecule has 0 aliphatic carbocycles. The number of H-pyrrole nitrogens is 1. The van der Waals surface area contributed by atoms with Gasteiger partial charge in [-0.25, -0.2) is 4.98 Å². The normalized spacial score (nSPS) is 11.4. The van der Waals surface area contributed by atoms with Crippen LogP contribution in [0.2, 0.25) is 0 Å². The van der Waals surface area contributed by atoms with E-state index in [0.29, 0.717) is 13.0 Å². The summed E-state index contributed by atoms with van der Waals surface area (Å²) < 4.78 is 5.33. The first-order valence-corrected chi connectivity index (χ1v) is 5.22. The fourth-order valence-corrected chi connectivity index (χ4v) is 1.00. The quantitative estimate of drug-likeness (QED) is 0.755. The van der Waals surface area contributed by atoms with E-state index in [1.165, 1.54) is 6.33 Å². The lowest BCUT2D eigenvalue weighted by Crippen LogP contribution is -2.33. The summed E-state index contributed by atoms with van der Waals surface area (Å²) in [6.45, 7) is 6.35. The van der Waals surface area contributed by atoms with Crippen LogP contribution in [-0.4, -0.2) is 39.8 Å². The molecule has 16 heavy (non-hydrogen) atoms. The lowest BCUT2D eigenvalue weighted by Gasteiger charge is -2.18. The van der Waals surface area contributed by atoms with Crippen LogP contribution < -0.4 is 5.32 Å². The van der Waals surface area contributed by atoms with Gasteiger partial charge < -0.3 is 10.1 Å². The molecule has 0 saturated carbocycles. The molecular formula is C10H18N4O2. The minimum Gasteiger partial charge on any atom is -0.366 e. The zero-order chi connectivity index (χ0) is 12.0. The summed E-state index contributed by atoms with van der Waals surface area (Å²) >= 11 is 0. The number of amides is 1. The predicted molar refractivity (Wildman–Crippen MR) is 58.8 cm³/mol. The Hall–Kier alpha value is -1.43. The Kier molecular flexibility index (Phi) is 4.42. The Morgan fingerprint density at radius 3 is 2.88 bits per heavy atom. The molecule has 0 saturated heterocycles. The first-order valence-electron chi connectivity index (χ1n) is 5.22. The number of carbonyl (C=O) groups is 1. The van der Waals surface area contributed by atoms with Crippen molar-refractivity contribution >= 4 is 5.91 Å². The van der Waals surface area contributed by atoms with Crippen LogP contribution in [0.5, 0.6) is 0 Å². The molecule has 1 rings (SSSR count). The van der Waals surface area contributed by atoms with Crippen LogP contribution in [0.1, 0.15) is 26.6 Å². The maximum absolute atomic E-state index is 11.3. The molecular weight excluding hydrogens is 208 g/mol. The smallest absolute Gasteiger partial charge is 0.246 e. The number of rotatable bonds is 5. The van der Waals surface area contributed by atoms with Gasteiger partial charge in [0.25, 0.3) is 0 Å². The van der Waals surface area contributed by atoms with Crippen molar-refractivity contribution in [1.82, 2.24) is 20.5 Å². The third kappa shape index (κ3) is 5.45. The number of aromatic nitrogens is 3. The highest BCUT2D eigenvalue weighted by atomic mass is 16.5. The molecule has 0 aliphatic rings. The molecule has 6 nitrogen and oxygen atoms in total. The average Bonchev–Trinajstić information content (AvgIpc) is 2.66. The number of carbonyl (C=O) groups excluding carboxylic acids is 1. The number of nitrogens with zero attached hydrogens (tertiary/aromatic N) is 2. The van der Waals surface area contributed by atoms with E-state index in [-0.39, 0.29) is 18.1 Å². The van der Waals surface area contributed by atoms with Gasteiger partial charge in [-0.05, 0) is 20.8 Å². The van der Waals surface area contributed by atoms with Gasteiger partial charge in [0.1, 0.15) is 18.8 Å². The van der Waals surface area contributed by atoms with Gasteiger partial charge in [0.15, 0.2) is 0 Å². The number of hydrogen-bond acceptors (Lipinski definition) is 4. The van der Waals surface area contributed by atoms with Gasteiger partial charge in [0.2, 0.25) is 5.91 Å². The summed E-state index contributed by atoms with van der Waals surface area (Å²) in [5, 5.41) is 9.18. The van der Waals surface area contributed by atoms with Gasteiger partial charge in [-0.3, -0.25) is 9.89 Å². The van der Waals surface area contributed by atoms with Gasteiger partial charge in [-0.1, -0.05) is 0 Å². The molecule has 0 aromatic carbocycles. The predicted octanol–water partition coefficient (Wildman–Crippen LogP) is 0.278. The average molecular weight is 226 g/mol. The second-order valence-corrected chi connectivity index (χ2v) is 4.43. The molecule has 0 spiro atoms. The van der Waals surface area contributed by atoms with Gasteiger partial charge in [-0.2, -0.15) is 5.10 Å². The van der Waals surface area contributed by atoms with Gasteiger partial charge in [-0.15, -0.1) is 0 Å². The van der Waals surface area contributed by atoms with Crippen molar-refractivity contribution in [3.63, 3.8) is 0 Å². The molecule has 90 valence electrons. The van der Waals surface area contributed by atoms with Crippen molar-refractivity contribution in [1.29, 1.82) is 0 Å². The monoisotopic (exact) mass is 226 g/mol. The van der Waals surface area contributed by atoms with Crippen LogP contribution in [0.4, 0.5) is 0 Å². The standard InChI is InChI=1S/C10H18N4O2/c1-10(2,3)16-6-9(15)11-5-4-8-12-7-13-14-8/h7H,4-6H2,1-3H3,(H,11,15)(H,12,13,14). The second-order valence-electron chi connectivity index (χ2n) is 4.43. The molecule has 0 atom stereocenters. The molecule has 6 heteroatoms. The van der Waals surface area contributed by atoms with Crippen molar-refractivity contribution in [3.8, 4) is 0 Å². The molecule has 0 fully saturated rings. The summed E-state index contributed by atoms with van der Waals surface area (Å²) in [5.41, 5.74) is -0.289.